The predicted molar refractivity (Wildman–Crippen MR) is 92.3 cm³/mol. The second-order valence-electron chi connectivity index (χ2n) is 5.90. The molecule has 0 aromatic heterocycles. The molecule has 0 bridgehead atoms. The van der Waals surface area contributed by atoms with Crippen molar-refractivity contribution < 1.29 is 32.2 Å². The van der Waals surface area contributed by atoms with Crippen molar-refractivity contribution >= 4 is 18.0 Å². The SMILES string of the molecule is COCCCN1C(=O)/C(=C\c2ccccc2C(F)(F)F)C(C(=O)OC)=C1C. The average molecular weight is 383 g/mol. The maximum absolute atomic E-state index is 13.3. The quantitative estimate of drug-likeness (QED) is 0.429. The van der Waals surface area contributed by atoms with Crippen molar-refractivity contribution in [2.45, 2.75) is 19.5 Å². The van der Waals surface area contributed by atoms with E-state index < -0.39 is 23.6 Å². The van der Waals surface area contributed by atoms with Crippen molar-refractivity contribution in [3.8, 4) is 0 Å². The molecule has 1 heterocycles. The van der Waals surface area contributed by atoms with Gasteiger partial charge in [0.25, 0.3) is 5.91 Å². The first-order chi connectivity index (χ1) is 12.7. The van der Waals surface area contributed by atoms with E-state index in [2.05, 4.69) is 0 Å². The van der Waals surface area contributed by atoms with Crippen molar-refractivity contribution in [2.24, 2.45) is 0 Å². The molecule has 0 saturated heterocycles. The summed E-state index contributed by atoms with van der Waals surface area (Å²) in [5, 5.41) is 0. The van der Waals surface area contributed by atoms with Gasteiger partial charge in [-0.3, -0.25) is 4.79 Å². The van der Waals surface area contributed by atoms with Gasteiger partial charge < -0.3 is 14.4 Å². The Bertz CT molecular complexity index is 796. The van der Waals surface area contributed by atoms with Gasteiger partial charge >= 0.3 is 12.1 Å². The van der Waals surface area contributed by atoms with Crippen LogP contribution in [0.5, 0.6) is 0 Å². The number of esters is 1. The van der Waals surface area contributed by atoms with Crippen LogP contribution in [-0.2, 0) is 25.2 Å². The smallest absolute Gasteiger partial charge is 0.416 e. The van der Waals surface area contributed by atoms with Crippen LogP contribution in [0, 0.1) is 0 Å². The first-order valence-electron chi connectivity index (χ1n) is 8.20. The van der Waals surface area contributed by atoms with E-state index in [1.165, 1.54) is 30.2 Å². The fraction of sp³-hybridized carbons (Fsp3) is 0.368. The standard InChI is InChI=1S/C19H20F3NO4/c1-12-16(18(25)27-3)14(17(24)23(12)9-6-10-26-2)11-13-7-4-5-8-15(13)19(20,21)22/h4-5,7-8,11H,6,9-10H2,1-3H3/b14-11-. The summed E-state index contributed by atoms with van der Waals surface area (Å²) in [4.78, 5) is 26.3. The molecule has 0 N–H and O–H groups in total. The van der Waals surface area contributed by atoms with Crippen LogP contribution in [0.4, 0.5) is 13.2 Å². The van der Waals surface area contributed by atoms with Crippen LogP contribution < -0.4 is 0 Å². The van der Waals surface area contributed by atoms with Crippen molar-refractivity contribution in [3.05, 3.63) is 52.2 Å². The van der Waals surface area contributed by atoms with Gasteiger partial charge in [-0.25, -0.2) is 4.79 Å². The summed E-state index contributed by atoms with van der Waals surface area (Å²) in [5.41, 5.74) is -0.879. The predicted octanol–water partition coefficient (Wildman–Crippen LogP) is 3.41. The highest BCUT2D eigenvalue weighted by Crippen LogP contribution is 2.36. The highest BCUT2D eigenvalue weighted by Gasteiger charge is 2.38. The second kappa shape index (κ2) is 8.39. The normalized spacial score (nSPS) is 16.4. The molecule has 0 radical (unpaired) electrons. The minimum atomic E-state index is -4.59. The second-order valence-corrected chi connectivity index (χ2v) is 5.90. The minimum absolute atomic E-state index is 0.0307. The Morgan fingerprint density at radius 1 is 1.22 bits per heavy atom. The molecule has 1 aromatic carbocycles. The van der Waals surface area contributed by atoms with E-state index in [4.69, 9.17) is 9.47 Å². The number of ether oxygens (including phenoxy) is 2. The Morgan fingerprint density at radius 2 is 1.89 bits per heavy atom. The van der Waals surface area contributed by atoms with Gasteiger partial charge in [-0.15, -0.1) is 0 Å². The number of carbonyl (C=O) groups is 2. The fourth-order valence-corrected chi connectivity index (χ4v) is 2.90. The molecule has 0 fully saturated rings. The first kappa shape index (κ1) is 20.7. The van der Waals surface area contributed by atoms with E-state index >= 15 is 0 Å². The summed E-state index contributed by atoms with van der Waals surface area (Å²) < 4.78 is 49.5. The average Bonchev–Trinajstić information content (AvgIpc) is 2.85. The lowest BCUT2D eigenvalue weighted by Gasteiger charge is -2.17. The van der Waals surface area contributed by atoms with E-state index in [0.717, 1.165) is 19.3 Å². The molecule has 0 saturated carbocycles. The number of alkyl halides is 3. The third-order valence-electron chi connectivity index (χ3n) is 4.20. The number of benzene rings is 1. The van der Waals surface area contributed by atoms with Gasteiger partial charge in [-0.05, 0) is 31.1 Å². The maximum atomic E-state index is 13.3. The topological polar surface area (TPSA) is 55.8 Å². The van der Waals surface area contributed by atoms with E-state index in [9.17, 15) is 22.8 Å². The molecule has 5 nitrogen and oxygen atoms in total. The van der Waals surface area contributed by atoms with Crippen LogP contribution in [0.15, 0.2) is 41.1 Å². The molecule has 1 aliphatic rings. The number of allylic oxidation sites excluding steroid dienone is 1. The van der Waals surface area contributed by atoms with Crippen LogP contribution in [0.25, 0.3) is 6.08 Å². The maximum Gasteiger partial charge on any atom is 0.416 e. The number of hydrogen-bond donors (Lipinski definition) is 0. The van der Waals surface area contributed by atoms with Gasteiger partial charge in [0.15, 0.2) is 0 Å². The summed E-state index contributed by atoms with van der Waals surface area (Å²) in [5.74, 6) is -1.31. The molecule has 0 atom stereocenters. The van der Waals surface area contributed by atoms with Crippen LogP contribution in [0.3, 0.4) is 0 Å². The molecule has 8 heteroatoms. The zero-order valence-electron chi connectivity index (χ0n) is 15.2. The summed E-state index contributed by atoms with van der Waals surface area (Å²) >= 11 is 0. The van der Waals surface area contributed by atoms with Crippen LogP contribution in [0.1, 0.15) is 24.5 Å². The lowest BCUT2D eigenvalue weighted by molar-refractivity contribution is -0.138. The molecule has 2 rings (SSSR count). The monoisotopic (exact) mass is 383 g/mol. The van der Waals surface area contributed by atoms with Crippen molar-refractivity contribution in [1.29, 1.82) is 0 Å². The number of hydrogen-bond acceptors (Lipinski definition) is 4. The first-order valence-corrected chi connectivity index (χ1v) is 8.20. The van der Waals surface area contributed by atoms with Crippen molar-refractivity contribution in [2.75, 3.05) is 27.4 Å². The summed E-state index contributed by atoms with van der Waals surface area (Å²) in [7, 11) is 2.68. The third kappa shape index (κ3) is 4.39. The number of amides is 1. The van der Waals surface area contributed by atoms with Crippen LogP contribution in [-0.4, -0.2) is 44.1 Å². The Balaban J connectivity index is 2.53. The number of halogens is 3. The van der Waals surface area contributed by atoms with E-state index in [0.29, 0.717) is 18.7 Å². The van der Waals surface area contributed by atoms with Crippen LogP contribution in [0.2, 0.25) is 0 Å². The highest BCUT2D eigenvalue weighted by molar-refractivity contribution is 6.16. The van der Waals surface area contributed by atoms with Crippen molar-refractivity contribution in [1.82, 2.24) is 4.90 Å². The molecular weight excluding hydrogens is 363 g/mol. The van der Waals surface area contributed by atoms with Gasteiger partial charge in [0.05, 0.1) is 23.8 Å². The molecule has 146 valence electrons. The molecule has 0 unspecified atom stereocenters. The number of rotatable bonds is 6. The minimum Gasteiger partial charge on any atom is -0.465 e. The number of methoxy groups -OCH3 is 2. The van der Waals surface area contributed by atoms with E-state index in [1.807, 2.05) is 0 Å². The molecular formula is C19H20F3NO4. The Kier molecular flexibility index (Phi) is 6.43. The van der Waals surface area contributed by atoms with E-state index in [-0.39, 0.29) is 23.3 Å². The van der Waals surface area contributed by atoms with Gasteiger partial charge in [-0.2, -0.15) is 13.2 Å². The Hall–Kier alpha value is -2.61. The van der Waals surface area contributed by atoms with E-state index in [1.54, 1.807) is 6.92 Å². The molecule has 1 aliphatic heterocycles. The third-order valence-corrected chi connectivity index (χ3v) is 4.20. The lowest BCUT2D eigenvalue weighted by Crippen LogP contribution is -2.27. The van der Waals surface area contributed by atoms with Crippen LogP contribution >= 0.6 is 0 Å². The Morgan fingerprint density at radius 3 is 2.48 bits per heavy atom. The number of carbonyl (C=O) groups excluding carboxylic acids is 2. The molecule has 27 heavy (non-hydrogen) atoms. The lowest BCUT2D eigenvalue weighted by atomic mass is 10.00. The molecule has 0 spiro atoms. The zero-order valence-corrected chi connectivity index (χ0v) is 15.2. The molecule has 1 aromatic rings. The van der Waals surface area contributed by atoms with Gasteiger partial charge in [0, 0.05) is 26.0 Å². The highest BCUT2D eigenvalue weighted by atomic mass is 19.4. The van der Waals surface area contributed by atoms with Gasteiger partial charge in [0.2, 0.25) is 0 Å². The largest absolute Gasteiger partial charge is 0.465 e. The van der Waals surface area contributed by atoms with Crippen molar-refractivity contribution in [3.63, 3.8) is 0 Å². The zero-order chi connectivity index (χ0) is 20.2. The summed E-state index contributed by atoms with van der Waals surface area (Å²) in [6, 6.07) is 4.88. The summed E-state index contributed by atoms with van der Waals surface area (Å²) in [6.45, 7) is 2.24. The Labute approximate surface area is 155 Å². The number of nitrogens with zero attached hydrogens (tertiary/aromatic N) is 1. The fourth-order valence-electron chi connectivity index (χ4n) is 2.90. The molecule has 0 aliphatic carbocycles. The molecule has 1 amide bonds. The van der Waals surface area contributed by atoms with Gasteiger partial charge in [0.1, 0.15) is 0 Å². The summed E-state index contributed by atoms with van der Waals surface area (Å²) in [6.07, 6.45) is -2.98. The van der Waals surface area contributed by atoms with Gasteiger partial charge in [-0.1, -0.05) is 18.2 Å².